The molecule has 0 N–H and O–H groups in total. The van der Waals surface area contributed by atoms with E-state index in [1.54, 1.807) is 0 Å². The molecule has 2 rings (SSSR count). The van der Waals surface area contributed by atoms with Crippen LogP contribution < -0.4 is 0 Å². The number of hydrogen-bond acceptors (Lipinski definition) is 6. The molecule has 0 saturated heterocycles. The van der Waals surface area contributed by atoms with E-state index in [2.05, 4.69) is 8.37 Å². The van der Waals surface area contributed by atoms with E-state index in [0.29, 0.717) is 0 Å². The van der Waals surface area contributed by atoms with Gasteiger partial charge in [-0.3, -0.25) is 8.37 Å². The van der Waals surface area contributed by atoms with Gasteiger partial charge in [0.15, 0.2) is 0 Å². The summed E-state index contributed by atoms with van der Waals surface area (Å²) in [5, 5.41) is 0.288. The highest BCUT2D eigenvalue weighted by molar-refractivity contribution is 7.87. The molecular formula is C14H10F6O6S2. The SMILES string of the molecule is O=S(=O)(OCc1cccc2cccc(COS(=O)(=O)C(F)(F)F)c12)C(F)(F)F. The van der Waals surface area contributed by atoms with Crippen LogP contribution in [0, 0.1) is 0 Å². The summed E-state index contributed by atoms with van der Waals surface area (Å²) in [5.41, 5.74) is -11.6. The molecule has 0 radical (unpaired) electrons. The van der Waals surface area contributed by atoms with Crippen LogP contribution in [0.25, 0.3) is 10.8 Å². The Balaban J connectivity index is 2.40. The molecule has 28 heavy (non-hydrogen) atoms. The number of alkyl halides is 6. The molecule has 0 fully saturated rings. The van der Waals surface area contributed by atoms with Gasteiger partial charge in [0.2, 0.25) is 0 Å². The molecule has 0 saturated carbocycles. The summed E-state index contributed by atoms with van der Waals surface area (Å²) in [5.74, 6) is 0. The van der Waals surface area contributed by atoms with Gasteiger partial charge < -0.3 is 0 Å². The summed E-state index contributed by atoms with van der Waals surface area (Å²) >= 11 is 0. The van der Waals surface area contributed by atoms with Gasteiger partial charge in [-0.25, -0.2) is 0 Å². The molecular weight excluding hydrogens is 442 g/mol. The van der Waals surface area contributed by atoms with Gasteiger partial charge in [0, 0.05) is 0 Å². The lowest BCUT2D eigenvalue weighted by Crippen LogP contribution is -2.25. The first-order valence-corrected chi connectivity index (χ1v) is 9.88. The fourth-order valence-electron chi connectivity index (χ4n) is 2.16. The fraction of sp³-hybridized carbons (Fsp3) is 0.286. The molecule has 2 aromatic rings. The van der Waals surface area contributed by atoms with Crippen LogP contribution in [0.5, 0.6) is 0 Å². The zero-order valence-electron chi connectivity index (χ0n) is 13.4. The third kappa shape index (κ3) is 4.74. The average Bonchev–Trinajstić information content (AvgIpc) is 2.56. The molecule has 0 aliphatic carbocycles. The third-order valence-corrected chi connectivity index (χ3v) is 5.37. The minimum atomic E-state index is -5.91. The molecule has 156 valence electrons. The van der Waals surface area contributed by atoms with Gasteiger partial charge in [0.05, 0.1) is 13.2 Å². The lowest BCUT2D eigenvalue weighted by Gasteiger charge is -2.14. The van der Waals surface area contributed by atoms with E-state index in [0.717, 1.165) is 0 Å². The maximum atomic E-state index is 12.4. The highest BCUT2D eigenvalue weighted by Crippen LogP contribution is 2.30. The standard InChI is InChI=1S/C14H10F6O6S2/c15-13(16,17)27(21,22)25-7-10-5-1-3-9-4-2-6-11(12(9)10)8-26-28(23,24)14(18,19)20/h1-6H,7-8H2. The summed E-state index contributed by atoms with van der Waals surface area (Å²) in [4.78, 5) is 0. The third-order valence-electron chi connectivity index (χ3n) is 3.38. The number of rotatable bonds is 6. The normalized spacial score (nSPS) is 13.8. The van der Waals surface area contributed by atoms with E-state index in [9.17, 15) is 43.2 Å². The first-order chi connectivity index (χ1) is 12.7. The van der Waals surface area contributed by atoms with Crippen molar-refractivity contribution in [3.8, 4) is 0 Å². The van der Waals surface area contributed by atoms with Gasteiger partial charge >= 0.3 is 31.3 Å². The van der Waals surface area contributed by atoms with Crippen LogP contribution in [0.4, 0.5) is 26.3 Å². The molecule has 0 bridgehead atoms. The molecule has 2 aromatic carbocycles. The van der Waals surface area contributed by atoms with Crippen molar-refractivity contribution in [1.29, 1.82) is 0 Å². The second kappa shape index (κ2) is 7.50. The topological polar surface area (TPSA) is 86.7 Å². The fourth-order valence-corrected chi connectivity index (χ4v) is 2.99. The number of benzene rings is 2. The van der Waals surface area contributed by atoms with Crippen molar-refractivity contribution in [3.05, 3.63) is 47.5 Å². The van der Waals surface area contributed by atoms with Gasteiger partial charge in [-0.15, -0.1) is 0 Å². The highest BCUT2D eigenvalue weighted by Gasteiger charge is 2.48. The van der Waals surface area contributed by atoms with E-state index >= 15 is 0 Å². The molecule has 0 aromatic heterocycles. The lowest BCUT2D eigenvalue weighted by atomic mass is 10.00. The van der Waals surface area contributed by atoms with Crippen LogP contribution in [0.15, 0.2) is 36.4 Å². The van der Waals surface area contributed by atoms with Gasteiger partial charge in [0.25, 0.3) is 0 Å². The molecule has 0 unspecified atom stereocenters. The summed E-state index contributed by atoms with van der Waals surface area (Å²) in [7, 11) is -11.8. The van der Waals surface area contributed by atoms with Crippen molar-refractivity contribution in [2.45, 2.75) is 24.2 Å². The van der Waals surface area contributed by atoms with E-state index in [-0.39, 0.29) is 21.9 Å². The van der Waals surface area contributed by atoms with Crippen molar-refractivity contribution >= 4 is 31.0 Å². The Morgan fingerprint density at radius 2 is 1.04 bits per heavy atom. The van der Waals surface area contributed by atoms with Crippen LogP contribution in [0.3, 0.4) is 0 Å². The minimum Gasteiger partial charge on any atom is -0.258 e. The van der Waals surface area contributed by atoms with Gasteiger partial charge in [0.1, 0.15) is 0 Å². The maximum Gasteiger partial charge on any atom is 0.523 e. The van der Waals surface area contributed by atoms with Crippen LogP contribution in [-0.2, 0) is 41.8 Å². The van der Waals surface area contributed by atoms with Crippen molar-refractivity contribution < 1.29 is 51.5 Å². The van der Waals surface area contributed by atoms with Gasteiger partial charge in [-0.1, -0.05) is 36.4 Å². The quantitative estimate of drug-likeness (QED) is 0.378. The molecule has 0 aliphatic heterocycles. The van der Waals surface area contributed by atoms with Crippen molar-refractivity contribution in [1.82, 2.24) is 0 Å². The van der Waals surface area contributed by atoms with Crippen LogP contribution in [0.1, 0.15) is 11.1 Å². The molecule has 0 spiro atoms. The second-order valence-electron chi connectivity index (χ2n) is 5.26. The average molecular weight is 452 g/mol. The Morgan fingerprint density at radius 3 is 1.36 bits per heavy atom. The molecule has 6 nitrogen and oxygen atoms in total. The van der Waals surface area contributed by atoms with Crippen LogP contribution >= 0.6 is 0 Å². The number of halogens is 6. The molecule has 14 heteroatoms. The summed E-state index contributed by atoms with van der Waals surface area (Å²) in [6, 6.07) is 7.90. The first-order valence-electron chi connectivity index (χ1n) is 7.06. The van der Waals surface area contributed by atoms with Gasteiger partial charge in [-0.05, 0) is 21.9 Å². The smallest absolute Gasteiger partial charge is 0.258 e. The summed E-state index contributed by atoms with van der Waals surface area (Å²) in [6.45, 7) is -2.16. The van der Waals surface area contributed by atoms with Crippen LogP contribution in [-0.4, -0.2) is 27.9 Å². The summed E-state index contributed by atoms with van der Waals surface area (Å²) in [6.07, 6.45) is 0. The largest absolute Gasteiger partial charge is 0.523 e. The predicted molar refractivity (Wildman–Crippen MR) is 83.5 cm³/mol. The molecule has 0 amide bonds. The zero-order chi connectivity index (χ0) is 21.4. The molecule has 0 atom stereocenters. The maximum absolute atomic E-state index is 12.4. The van der Waals surface area contributed by atoms with E-state index in [1.807, 2.05) is 0 Å². The lowest BCUT2D eigenvalue weighted by molar-refractivity contribution is -0.0551. The van der Waals surface area contributed by atoms with E-state index in [1.165, 1.54) is 36.4 Å². The Bertz CT molecular complexity index is 991. The molecule has 0 aliphatic rings. The Hall–Kier alpha value is -1.90. The second-order valence-corrected chi connectivity index (χ2v) is 8.47. The van der Waals surface area contributed by atoms with Crippen molar-refractivity contribution in [3.63, 3.8) is 0 Å². The Morgan fingerprint density at radius 1 is 0.679 bits per heavy atom. The number of hydrogen-bond donors (Lipinski definition) is 0. The number of fused-ring (bicyclic) bond motifs is 1. The summed E-state index contributed by atoms with van der Waals surface area (Å²) < 4.78 is 126. The van der Waals surface area contributed by atoms with Crippen LogP contribution in [0.2, 0.25) is 0 Å². The predicted octanol–water partition coefficient (Wildman–Crippen LogP) is 3.57. The van der Waals surface area contributed by atoms with Crippen molar-refractivity contribution in [2.24, 2.45) is 0 Å². The minimum absolute atomic E-state index is 0.000232. The van der Waals surface area contributed by atoms with E-state index < -0.39 is 44.5 Å². The zero-order valence-corrected chi connectivity index (χ0v) is 15.0. The Kier molecular flexibility index (Phi) is 5.99. The van der Waals surface area contributed by atoms with Gasteiger partial charge in [-0.2, -0.15) is 43.2 Å². The highest BCUT2D eigenvalue weighted by atomic mass is 32.2. The Labute approximate surface area is 154 Å². The molecule has 0 heterocycles. The first kappa shape index (κ1) is 22.4. The van der Waals surface area contributed by atoms with E-state index in [4.69, 9.17) is 0 Å². The monoisotopic (exact) mass is 452 g/mol. The van der Waals surface area contributed by atoms with Crippen molar-refractivity contribution in [2.75, 3.05) is 0 Å².